The second kappa shape index (κ2) is 5.13. The molecule has 17 heavy (non-hydrogen) atoms. The minimum absolute atomic E-state index is 0.140. The summed E-state index contributed by atoms with van der Waals surface area (Å²) in [5.74, 6) is -1.21. The molecule has 0 saturated heterocycles. The molecule has 0 saturated carbocycles. The van der Waals surface area contributed by atoms with Gasteiger partial charge >= 0.3 is 0 Å². The van der Waals surface area contributed by atoms with Crippen LogP contribution in [0.4, 0.5) is 10.1 Å². The molecule has 0 aliphatic heterocycles. The number of likely N-dealkylation sites (N-methyl/N-ethyl adjacent to an activating group) is 1. The molecule has 0 spiro atoms. The third kappa shape index (κ3) is 3.42. The molecule has 1 amide bonds. The van der Waals surface area contributed by atoms with Crippen molar-refractivity contribution in [3.63, 3.8) is 0 Å². The fourth-order valence-electron chi connectivity index (χ4n) is 1.24. The van der Waals surface area contributed by atoms with Crippen LogP contribution in [0.5, 0.6) is 0 Å². The van der Waals surface area contributed by atoms with E-state index in [1.165, 1.54) is 25.2 Å². The number of rotatable bonds is 4. The first-order valence-corrected chi connectivity index (χ1v) is 6.64. The molecule has 94 valence electrons. The average molecular weight is 260 g/mol. The monoisotopic (exact) mass is 260 g/mol. The highest BCUT2D eigenvalue weighted by Crippen LogP contribution is 2.20. The Morgan fingerprint density at radius 2 is 2.00 bits per heavy atom. The third-order valence-electron chi connectivity index (χ3n) is 2.09. The van der Waals surface area contributed by atoms with Gasteiger partial charge in [0.05, 0.1) is 11.9 Å². The lowest BCUT2D eigenvalue weighted by Gasteiger charge is -2.21. The Morgan fingerprint density at radius 1 is 1.41 bits per heavy atom. The van der Waals surface area contributed by atoms with Crippen LogP contribution in [0.15, 0.2) is 24.3 Å². The molecule has 0 fully saturated rings. The van der Waals surface area contributed by atoms with Crippen LogP contribution in [0, 0.1) is 5.82 Å². The van der Waals surface area contributed by atoms with Crippen LogP contribution >= 0.6 is 0 Å². The van der Waals surface area contributed by atoms with E-state index in [2.05, 4.69) is 5.32 Å². The van der Waals surface area contributed by atoms with Gasteiger partial charge in [0.15, 0.2) is 0 Å². The van der Waals surface area contributed by atoms with E-state index in [0.717, 1.165) is 16.6 Å². The minimum atomic E-state index is -3.71. The van der Waals surface area contributed by atoms with E-state index in [1.54, 1.807) is 0 Å². The van der Waals surface area contributed by atoms with Crippen LogP contribution in [0.2, 0.25) is 0 Å². The van der Waals surface area contributed by atoms with Gasteiger partial charge in [-0.2, -0.15) is 0 Å². The summed E-state index contributed by atoms with van der Waals surface area (Å²) >= 11 is 0. The SMILES string of the molecule is CNC(=O)CN(c1ccccc1F)S(C)(=O)=O. The first kappa shape index (κ1) is 13.4. The van der Waals surface area contributed by atoms with Crippen molar-refractivity contribution in [2.24, 2.45) is 0 Å². The molecule has 0 aromatic heterocycles. The molecular formula is C10H13FN2O3S. The van der Waals surface area contributed by atoms with E-state index >= 15 is 0 Å². The van der Waals surface area contributed by atoms with E-state index in [9.17, 15) is 17.6 Å². The maximum absolute atomic E-state index is 13.5. The first-order valence-electron chi connectivity index (χ1n) is 4.79. The highest BCUT2D eigenvalue weighted by Gasteiger charge is 2.22. The number of nitrogens with one attached hydrogen (secondary N) is 1. The minimum Gasteiger partial charge on any atom is -0.358 e. The second-order valence-corrected chi connectivity index (χ2v) is 5.30. The molecule has 1 N–H and O–H groups in total. The Hall–Kier alpha value is -1.63. The Morgan fingerprint density at radius 3 is 2.47 bits per heavy atom. The maximum Gasteiger partial charge on any atom is 0.240 e. The van der Waals surface area contributed by atoms with Gasteiger partial charge in [-0.25, -0.2) is 12.8 Å². The lowest BCUT2D eigenvalue weighted by molar-refractivity contribution is -0.119. The molecule has 0 aliphatic rings. The number of carbonyl (C=O) groups excluding carboxylic acids is 1. The summed E-state index contributed by atoms with van der Waals surface area (Å²) in [6.07, 6.45) is 0.919. The van der Waals surface area contributed by atoms with Crippen LogP contribution in [0.1, 0.15) is 0 Å². The fraction of sp³-hybridized carbons (Fsp3) is 0.300. The fourth-order valence-corrected chi connectivity index (χ4v) is 2.10. The Labute approximate surface area is 99.3 Å². The lowest BCUT2D eigenvalue weighted by Crippen LogP contribution is -2.39. The van der Waals surface area contributed by atoms with Crippen LogP contribution in [-0.4, -0.2) is 34.2 Å². The van der Waals surface area contributed by atoms with Crippen LogP contribution in [0.25, 0.3) is 0 Å². The number of carbonyl (C=O) groups is 1. The topological polar surface area (TPSA) is 66.5 Å². The van der Waals surface area contributed by atoms with Crippen molar-refractivity contribution in [1.29, 1.82) is 0 Å². The Kier molecular flexibility index (Phi) is 4.06. The van der Waals surface area contributed by atoms with Gasteiger partial charge in [0.25, 0.3) is 0 Å². The van der Waals surface area contributed by atoms with Gasteiger partial charge in [-0.3, -0.25) is 9.10 Å². The number of halogens is 1. The lowest BCUT2D eigenvalue weighted by atomic mass is 10.3. The highest BCUT2D eigenvalue weighted by atomic mass is 32.2. The van der Waals surface area contributed by atoms with E-state index in [-0.39, 0.29) is 5.69 Å². The predicted octanol–water partition coefficient (Wildman–Crippen LogP) is 0.338. The van der Waals surface area contributed by atoms with Gasteiger partial charge < -0.3 is 5.32 Å². The number of benzene rings is 1. The molecule has 0 heterocycles. The number of hydrogen-bond donors (Lipinski definition) is 1. The molecule has 0 aliphatic carbocycles. The van der Waals surface area contributed by atoms with Crippen molar-refractivity contribution < 1.29 is 17.6 Å². The molecule has 0 atom stereocenters. The zero-order chi connectivity index (χ0) is 13.1. The standard InChI is InChI=1S/C10H13FN2O3S/c1-12-10(14)7-13(17(2,15)16)9-6-4-3-5-8(9)11/h3-6H,7H2,1-2H3,(H,12,14). The molecule has 1 rings (SSSR count). The van der Waals surface area contributed by atoms with Crippen molar-refractivity contribution in [3.8, 4) is 0 Å². The molecule has 0 bridgehead atoms. The number of nitrogens with zero attached hydrogens (tertiary/aromatic N) is 1. The van der Waals surface area contributed by atoms with Crippen molar-refractivity contribution in [2.45, 2.75) is 0 Å². The number of hydrogen-bond acceptors (Lipinski definition) is 3. The van der Waals surface area contributed by atoms with Crippen LogP contribution in [0.3, 0.4) is 0 Å². The van der Waals surface area contributed by atoms with Gasteiger partial charge in [-0.05, 0) is 12.1 Å². The third-order valence-corrected chi connectivity index (χ3v) is 3.21. The summed E-state index contributed by atoms with van der Waals surface area (Å²) in [5.41, 5.74) is -0.140. The molecule has 1 aromatic rings. The normalized spacial score (nSPS) is 11.0. The van der Waals surface area contributed by atoms with E-state index in [4.69, 9.17) is 0 Å². The molecule has 0 radical (unpaired) electrons. The molecule has 0 unspecified atom stereocenters. The smallest absolute Gasteiger partial charge is 0.240 e. The first-order chi connectivity index (χ1) is 7.86. The summed E-state index contributed by atoms with van der Waals surface area (Å²) in [7, 11) is -2.33. The molecular weight excluding hydrogens is 247 g/mol. The molecule has 5 nitrogen and oxygen atoms in total. The summed E-state index contributed by atoms with van der Waals surface area (Å²) in [4.78, 5) is 11.2. The zero-order valence-corrected chi connectivity index (χ0v) is 10.3. The largest absolute Gasteiger partial charge is 0.358 e. The van der Waals surface area contributed by atoms with Crippen LogP contribution in [-0.2, 0) is 14.8 Å². The van der Waals surface area contributed by atoms with E-state index < -0.39 is 28.3 Å². The summed E-state index contributed by atoms with van der Waals surface area (Å²) in [5, 5.41) is 2.29. The summed E-state index contributed by atoms with van der Waals surface area (Å²) in [6, 6.07) is 5.39. The van der Waals surface area contributed by atoms with E-state index in [1.807, 2.05) is 0 Å². The van der Waals surface area contributed by atoms with E-state index in [0.29, 0.717) is 0 Å². The van der Waals surface area contributed by atoms with Gasteiger partial charge in [-0.15, -0.1) is 0 Å². The summed E-state index contributed by atoms with van der Waals surface area (Å²) < 4.78 is 37.2. The molecule has 1 aromatic carbocycles. The number of sulfonamides is 1. The highest BCUT2D eigenvalue weighted by molar-refractivity contribution is 7.92. The second-order valence-electron chi connectivity index (χ2n) is 3.39. The van der Waals surface area contributed by atoms with Gasteiger partial charge in [0, 0.05) is 7.05 Å². The predicted molar refractivity (Wildman–Crippen MR) is 62.7 cm³/mol. The number of anilines is 1. The zero-order valence-electron chi connectivity index (χ0n) is 9.47. The van der Waals surface area contributed by atoms with Gasteiger partial charge in [-0.1, -0.05) is 12.1 Å². The Balaban J connectivity index is 3.17. The Bertz CT molecular complexity index is 516. The van der Waals surface area contributed by atoms with Crippen molar-refractivity contribution in [3.05, 3.63) is 30.1 Å². The van der Waals surface area contributed by atoms with Crippen molar-refractivity contribution >= 4 is 21.6 Å². The van der Waals surface area contributed by atoms with Crippen molar-refractivity contribution in [1.82, 2.24) is 5.32 Å². The summed E-state index contributed by atoms with van der Waals surface area (Å²) in [6.45, 7) is -0.448. The number of amides is 1. The van der Waals surface area contributed by atoms with Crippen LogP contribution < -0.4 is 9.62 Å². The number of para-hydroxylation sites is 1. The van der Waals surface area contributed by atoms with Gasteiger partial charge in [0.1, 0.15) is 12.4 Å². The van der Waals surface area contributed by atoms with Gasteiger partial charge in [0.2, 0.25) is 15.9 Å². The van der Waals surface area contributed by atoms with Crippen molar-refractivity contribution in [2.75, 3.05) is 24.2 Å². The molecule has 7 heteroatoms. The maximum atomic E-state index is 13.5. The quantitative estimate of drug-likeness (QED) is 0.848. The average Bonchev–Trinajstić information content (AvgIpc) is 2.25.